The predicted molar refractivity (Wildman–Crippen MR) is 80.1 cm³/mol. The number of aliphatic carboxylic acids is 2. The van der Waals surface area contributed by atoms with Crippen molar-refractivity contribution in [3.63, 3.8) is 0 Å². The normalized spacial score (nSPS) is 20.7. The molecule has 0 spiro atoms. The number of fused-ring (bicyclic) bond motifs is 1. The molecule has 8 heteroatoms. The first-order valence-electron chi connectivity index (χ1n) is 7.23. The van der Waals surface area contributed by atoms with Gasteiger partial charge in [0, 0.05) is 6.42 Å². The van der Waals surface area contributed by atoms with Gasteiger partial charge in [-0.25, -0.2) is 0 Å². The van der Waals surface area contributed by atoms with Gasteiger partial charge in [-0.15, -0.1) is 0 Å². The van der Waals surface area contributed by atoms with Gasteiger partial charge in [-0.3, -0.25) is 14.1 Å². The van der Waals surface area contributed by atoms with Gasteiger partial charge in [0.15, 0.2) is 0 Å². The quantitative estimate of drug-likeness (QED) is 0.676. The van der Waals surface area contributed by atoms with Crippen LogP contribution in [-0.4, -0.2) is 35.1 Å². The van der Waals surface area contributed by atoms with E-state index in [1.54, 1.807) is 0 Å². The molecule has 2 unspecified atom stereocenters. The van der Waals surface area contributed by atoms with E-state index in [4.69, 9.17) is 10.2 Å². The van der Waals surface area contributed by atoms with Gasteiger partial charge in [0.05, 0.1) is 11.3 Å². The highest BCUT2D eigenvalue weighted by atomic mass is 32.2. The number of rotatable bonds is 6. The highest BCUT2D eigenvalue weighted by molar-refractivity contribution is 7.85. The number of hydrogen-bond donors (Lipinski definition) is 3. The molecular weight excluding hydrogens is 324 g/mol. The SMILES string of the molecule is O=C(O)CCC1CCC(CC(=O)O)c2ccc(S(=O)(=O)O)cc21. The van der Waals surface area contributed by atoms with E-state index >= 15 is 0 Å². The second kappa shape index (κ2) is 6.67. The van der Waals surface area contributed by atoms with Crippen molar-refractivity contribution >= 4 is 22.1 Å². The van der Waals surface area contributed by atoms with Crippen LogP contribution in [-0.2, 0) is 19.7 Å². The zero-order chi connectivity index (χ0) is 17.2. The lowest BCUT2D eigenvalue weighted by atomic mass is 9.74. The van der Waals surface area contributed by atoms with Gasteiger partial charge in [-0.1, -0.05) is 6.07 Å². The first-order chi connectivity index (χ1) is 10.7. The largest absolute Gasteiger partial charge is 0.481 e. The molecule has 0 aromatic heterocycles. The van der Waals surface area contributed by atoms with Crippen LogP contribution >= 0.6 is 0 Å². The maximum absolute atomic E-state index is 11.3. The minimum atomic E-state index is -4.36. The zero-order valence-electron chi connectivity index (χ0n) is 12.3. The monoisotopic (exact) mass is 342 g/mol. The Morgan fingerprint density at radius 3 is 2.26 bits per heavy atom. The van der Waals surface area contributed by atoms with Crippen molar-refractivity contribution in [2.24, 2.45) is 0 Å². The number of carbonyl (C=O) groups is 2. The summed E-state index contributed by atoms with van der Waals surface area (Å²) in [5.74, 6) is -2.28. The Kier molecular flexibility index (Phi) is 5.06. The molecule has 1 aromatic carbocycles. The third kappa shape index (κ3) is 4.29. The Bertz CT molecular complexity index is 723. The van der Waals surface area contributed by atoms with Crippen LogP contribution in [0, 0.1) is 0 Å². The molecule has 2 atom stereocenters. The van der Waals surface area contributed by atoms with E-state index in [-0.39, 0.29) is 29.6 Å². The standard InChI is InChI=1S/C15H18O7S/c16-14(17)6-3-9-1-2-10(7-15(18)19)12-5-4-11(8-13(9)12)23(20,21)22/h4-5,8-10H,1-3,6-7H2,(H,16,17)(H,18,19)(H,20,21,22). The summed E-state index contributed by atoms with van der Waals surface area (Å²) in [4.78, 5) is 21.5. The molecule has 0 fully saturated rings. The van der Waals surface area contributed by atoms with Gasteiger partial charge >= 0.3 is 11.9 Å². The summed E-state index contributed by atoms with van der Waals surface area (Å²) in [7, 11) is -4.36. The van der Waals surface area contributed by atoms with Crippen LogP contribution in [0.15, 0.2) is 23.1 Å². The third-order valence-corrected chi connectivity index (χ3v) is 5.08. The van der Waals surface area contributed by atoms with Crippen molar-refractivity contribution in [3.05, 3.63) is 29.3 Å². The number of benzene rings is 1. The summed E-state index contributed by atoms with van der Waals surface area (Å²) in [5, 5.41) is 17.8. The van der Waals surface area contributed by atoms with E-state index in [1.165, 1.54) is 18.2 Å². The van der Waals surface area contributed by atoms with Crippen molar-refractivity contribution in [2.75, 3.05) is 0 Å². The molecule has 126 valence electrons. The highest BCUT2D eigenvalue weighted by Crippen LogP contribution is 2.43. The smallest absolute Gasteiger partial charge is 0.303 e. The van der Waals surface area contributed by atoms with E-state index < -0.39 is 22.1 Å². The average molecular weight is 342 g/mol. The minimum absolute atomic E-state index is 0.0518. The number of carboxylic acids is 2. The Balaban J connectivity index is 2.42. The molecule has 23 heavy (non-hydrogen) atoms. The van der Waals surface area contributed by atoms with Crippen molar-refractivity contribution in [1.82, 2.24) is 0 Å². The van der Waals surface area contributed by atoms with E-state index in [0.717, 1.165) is 5.56 Å². The second-order valence-electron chi connectivity index (χ2n) is 5.77. The zero-order valence-corrected chi connectivity index (χ0v) is 13.1. The lowest BCUT2D eigenvalue weighted by molar-refractivity contribution is -0.138. The van der Waals surface area contributed by atoms with Crippen molar-refractivity contribution < 1.29 is 32.8 Å². The second-order valence-corrected chi connectivity index (χ2v) is 7.19. The molecule has 0 amide bonds. The maximum atomic E-state index is 11.3. The molecule has 3 N–H and O–H groups in total. The molecule has 1 aliphatic rings. The molecule has 0 bridgehead atoms. The fourth-order valence-electron chi connectivity index (χ4n) is 3.17. The molecule has 7 nitrogen and oxygen atoms in total. The van der Waals surface area contributed by atoms with E-state index in [9.17, 15) is 22.6 Å². The maximum Gasteiger partial charge on any atom is 0.303 e. The fourth-order valence-corrected chi connectivity index (χ4v) is 3.69. The van der Waals surface area contributed by atoms with Crippen LogP contribution in [0.3, 0.4) is 0 Å². The third-order valence-electron chi connectivity index (χ3n) is 4.23. The first kappa shape index (κ1) is 17.4. The Morgan fingerprint density at radius 2 is 1.70 bits per heavy atom. The van der Waals surface area contributed by atoms with Crippen LogP contribution < -0.4 is 0 Å². The van der Waals surface area contributed by atoms with E-state index in [2.05, 4.69) is 0 Å². The van der Waals surface area contributed by atoms with Crippen molar-refractivity contribution in [2.45, 2.75) is 48.8 Å². The molecule has 1 aromatic rings. The van der Waals surface area contributed by atoms with Gasteiger partial charge in [-0.2, -0.15) is 8.42 Å². The van der Waals surface area contributed by atoms with Gasteiger partial charge in [0.1, 0.15) is 0 Å². The van der Waals surface area contributed by atoms with Crippen LogP contribution in [0.4, 0.5) is 0 Å². The number of carboxylic acid groups (broad SMARTS) is 2. The molecule has 0 radical (unpaired) electrons. The predicted octanol–water partition coefficient (Wildman–Crippen LogP) is 2.23. The van der Waals surface area contributed by atoms with Crippen LogP contribution in [0.1, 0.15) is 55.1 Å². The van der Waals surface area contributed by atoms with E-state index in [1.807, 2.05) is 0 Å². The lowest BCUT2D eigenvalue weighted by Gasteiger charge is -2.31. The Morgan fingerprint density at radius 1 is 1.04 bits per heavy atom. The molecule has 0 heterocycles. The Hall–Kier alpha value is -1.93. The van der Waals surface area contributed by atoms with Crippen LogP contribution in [0.2, 0.25) is 0 Å². The average Bonchev–Trinajstić information content (AvgIpc) is 2.44. The molecule has 1 aliphatic carbocycles. The first-order valence-corrected chi connectivity index (χ1v) is 8.67. The van der Waals surface area contributed by atoms with Gasteiger partial charge in [0.25, 0.3) is 10.1 Å². The lowest BCUT2D eigenvalue weighted by Crippen LogP contribution is -2.18. The summed E-state index contributed by atoms with van der Waals surface area (Å²) in [6.07, 6.45) is 1.42. The van der Waals surface area contributed by atoms with Gasteiger partial charge in [0.2, 0.25) is 0 Å². The summed E-state index contributed by atoms with van der Waals surface area (Å²) < 4.78 is 31.8. The molecule has 2 rings (SSSR count). The summed E-state index contributed by atoms with van der Waals surface area (Å²) >= 11 is 0. The van der Waals surface area contributed by atoms with E-state index in [0.29, 0.717) is 24.8 Å². The van der Waals surface area contributed by atoms with Crippen LogP contribution in [0.5, 0.6) is 0 Å². The van der Waals surface area contributed by atoms with Crippen molar-refractivity contribution in [3.8, 4) is 0 Å². The van der Waals surface area contributed by atoms with Gasteiger partial charge in [-0.05, 0) is 54.4 Å². The Labute approximate surface area is 133 Å². The topological polar surface area (TPSA) is 129 Å². The molecule has 0 saturated heterocycles. The summed E-state index contributed by atoms with van der Waals surface area (Å²) in [6, 6.07) is 4.12. The molecule has 0 saturated carbocycles. The van der Waals surface area contributed by atoms with Crippen LogP contribution in [0.25, 0.3) is 0 Å². The molecule has 0 aliphatic heterocycles. The highest BCUT2D eigenvalue weighted by Gasteiger charge is 2.30. The summed E-state index contributed by atoms with van der Waals surface area (Å²) in [5.41, 5.74) is 1.35. The fraction of sp³-hybridized carbons (Fsp3) is 0.467. The summed E-state index contributed by atoms with van der Waals surface area (Å²) in [6.45, 7) is 0. The minimum Gasteiger partial charge on any atom is -0.481 e. The molecular formula is C15H18O7S. The van der Waals surface area contributed by atoms with Gasteiger partial charge < -0.3 is 10.2 Å². The number of hydrogen-bond acceptors (Lipinski definition) is 4. The van der Waals surface area contributed by atoms with Crippen molar-refractivity contribution in [1.29, 1.82) is 0 Å².